The first-order valence-corrected chi connectivity index (χ1v) is 6.05. The lowest BCUT2D eigenvalue weighted by atomic mass is 10.2. The molecule has 0 unspecified atom stereocenters. The summed E-state index contributed by atoms with van der Waals surface area (Å²) >= 11 is 9.19. The quantitative estimate of drug-likeness (QED) is 0.897. The first-order valence-electron chi connectivity index (χ1n) is 4.88. The molecule has 18 heavy (non-hydrogen) atoms. The number of nitriles is 1. The standard InChI is InChI=1S/C12H6BrClFN3/c13-8-4-9(14)12(17-6-8)18-11-2-1-7(5-16)3-10(11)15/h1-4,6H,(H,17,18). The molecule has 1 heterocycles. The first-order chi connectivity index (χ1) is 8.60. The lowest BCUT2D eigenvalue weighted by Crippen LogP contribution is -1.97. The Morgan fingerprint density at radius 3 is 2.78 bits per heavy atom. The molecule has 0 amide bonds. The van der Waals surface area contributed by atoms with Crippen LogP contribution in [0.2, 0.25) is 5.02 Å². The lowest BCUT2D eigenvalue weighted by Gasteiger charge is -2.08. The SMILES string of the molecule is N#Cc1ccc(Nc2ncc(Br)cc2Cl)c(F)c1. The van der Waals surface area contributed by atoms with E-state index in [2.05, 4.69) is 26.2 Å². The van der Waals surface area contributed by atoms with Gasteiger partial charge in [0.2, 0.25) is 0 Å². The molecule has 2 aromatic rings. The number of nitrogens with one attached hydrogen (secondary N) is 1. The van der Waals surface area contributed by atoms with Crippen LogP contribution in [0.3, 0.4) is 0 Å². The molecule has 0 radical (unpaired) electrons. The maximum absolute atomic E-state index is 13.6. The molecule has 0 aliphatic heterocycles. The predicted octanol–water partition coefficient (Wildman–Crippen LogP) is 4.25. The fraction of sp³-hybridized carbons (Fsp3) is 0. The van der Waals surface area contributed by atoms with Gasteiger partial charge in [-0.3, -0.25) is 0 Å². The van der Waals surface area contributed by atoms with Crippen molar-refractivity contribution in [2.45, 2.75) is 0 Å². The second kappa shape index (κ2) is 5.34. The van der Waals surface area contributed by atoms with E-state index in [1.165, 1.54) is 12.1 Å². The van der Waals surface area contributed by atoms with Crippen molar-refractivity contribution in [1.29, 1.82) is 5.26 Å². The summed E-state index contributed by atoms with van der Waals surface area (Å²) in [4.78, 5) is 4.04. The highest BCUT2D eigenvalue weighted by Gasteiger charge is 2.07. The normalized spacial score (nSPS) is 9.89. The van der Waals surface area contributed by atoms with E-state index in [1.54, 1.807) is 12.3 Å². The van der Waals surface area contributed by atoms with Crippen molar-refractivity contribution in [2.75, 3.05) is 5.32 Å². The average molecular weight is 327 g/mol. The molecule has 0 fully saturated rings. The van der Waals surface area contributed by atoms with E-state index in [-0.39, 0.29) is 11.3 Å². The van der Waals surface area contributed by atoms with Crippen molar-refractivity contribution >= 4 is 39.0 Å². The zero-order valence-corrected chi connectivity index (χ0v) is 11.3. The zero-order valence-electron chi connectivity index (χ0n) is 8.92. The van der Waals surface area contributed by atoms with Gasteiger partial charge in [-0.05, 0) is 40.2 Å². The zero-order chi connectivity index (χ0) is 13.1. The van der Waals surface area contributed by atoms with Crippen LogP contribution >= 0.6 is 27.5 Å². The minimum absolute atomic E-state index is 0.214. The van der Waals surface area contributed by atoms with Gasteiger partial charge in [-0.1, -0.05) is 11.6 Å². The summed E-state index contributed by atoms with van der Waals surface area (Å²) in [7, 11) is 0. The van der Waals surface area contributed by atoms with E-state index in [4.69, 9.17) is 16.9 Å². The molecule has 2 rings (SSSR count). The van der Waals surface area contributed by atoms with E-state index in [9.17, 15) is 4.39 Å². The second-order valence-electron chi connectivity index (χ2n) is 3.42. The van der Waals surface area contributed by atoms with Gasteiger partial charge in [-0.2, -0.15) is 5.26 Å². The van der Waals surface area contributed by atoms with E-state index >= 15 is 0 Å². The Morgan fingerprint density at radius 1 is 1.39 bits per heavy atom. The van der Waals surface area contributed by atoms with Crippen LogP contribution in [-0.4, -0.2) is 4.98 Å². The van der Waals surface area contributed by atoms with Gasteiger partial charge in [0.15, 0.2) is 0 Å². The third-order valence-electron chi connectivity index (χ3n) is 2.16. The molecule has 0 bridgehead atoms. The Hall–Kier alpha value is -1.64. The Kier molecular flexibility index (Phi) is 3.80. The fourth-order valence-electron chi connectivity index (χ4n) is 1.32. The number of hydrogen-bond acceptors (Lipinski definition) is 3. The highest BCUT2D eigenvalue weighted by atomic mass is 79.9. The molecular weight excluding hydrogens is 321 g/mol. The summed E-state index contributed by atoms with van der Waals surface area (Å²) in [6.07, 6.45) is 1.55. The highest BCUT2D eigenvalue weighted by Crippen LogP contribution is 2.27. The minimum Gasteiger partial charge on any atom is -0.337 e. The molecule has 1 aromatic carbocycles. The summed E-state index contributed by atoms with van der Waals surface area (Å²) in [5, 5.41) is 11.8. The highest BCUT2D eigenvalue weighted by molar-refractivity contribution is 9.10. The maximum atomic E-state index is 13.6. The average Bonchev–Trinajstić information content (AvgIpc) is 2.34. The molecule has 0 spiro atoms. The Bertz CT molecular complexity index is 640. The number of benzene rings is 1. The molecule has 3 nitrogen and oxygen atoms in total. The van der Waals surface area contributed by atoms with Crippen LogP contribution in [0, 0.1) is 17.1 Å². The molecule has 1 N–H and O–H groups in total. The van der Waals surface area contributed by atoms with E-state index in [0.717, 1.165) is 10.5 Å². The number of pyridine rings is 1. The van der Waals surface area contributed by atoms with Crippen molar-refractivity contribution in [3.63, 3.8) is 0 Å². The lowest BCUT2D eigenvalue weighted by molar-refractivity contribution is 0.631. The van der Waals surface area contributed by atoms with Crippen molar-refractivity contribution in [3.05, 3.63) is 51.3 Å². The maximum Gasteiger partial charge on any atom is 0.149 e. The van der Waals surface area contributed by atoms with Gasteiger partial charge >= 0.3 is 0 Å². The summed E-state index contributed by atoms with van der Waals surface area (Å²) in [6.45, 7) is 0. The second-order valence-corrected chi connectivity index (χ2v) is 4.74. The van der Waals surface area contributed by atoms with Gasteiger partial charge in [0.05, 0.1) is 22.3 Å². The van der Waals surface area contributed by atoms with Crippen LogP contribution in [0.4, 0.5) is 15.9 Å². The third kappa shape index (κ3) is 2.78. The smallest absolute Gasteiger partial charge is 0.149 e. The minimum atomic E-state index is -0.533. The van der Waals surface area contributed by atoms with Gasteiger partial charge in [0, 0.05) is 10.7 Å². The van der Waals surface area contributed by atoms with Gasteiger partial charge in [0.1, 0.15) is 11.6 Å². The molecule has 0 saturated carbocycles. The van der Waals surface area contributed by atoms with Crippen LogP contribution in [0.25, 0.3) is 0 Å². The van der Waals surface area contributed by atoms with Crippen LogP contribution in [0.5, 0.6) is 0 Å². The molecule has 0 atom stereocenters. The number of halogens is 3. The van der Waals surface area contributed by atoms with Crippen molar-refractivity contribution in [1.82, 2.24) is 4.98 Å². The Labute approximate surface area is 116 Å². The summed E-state index contributed by atoms with van der Waals surface area (Å²) < 4.78 is 14.4. The van der Waals surface area contributed by atoms with E-state index in [0.29, 0.717) is 10.8 Å². The molecule has 90 valence electrons. The molecule has 0 aliphatic carbocycles. The first kappa shape index (κ1) is 12.8. The molecule has 0 saturated heterocycles. The number of nitrogens with zero attached hydrogens (tertiary/aromatic N) is 2. The van der Waals surface area contributed by atoms with Gasteiger partial charge < -0.3 is 5.32 Å². The van der Waals surface area contributed by atoms with Crippen molar-refractivity contribution < 1.29 is 4.39 Å². The largest absolute Gasteiger partial charge is 0.337 e. The number of aromatic nitrogens is 1. The predicted molar refractivity (Wildman–Crippen MR) is 71.3 cm³/mol. The third-order valence-corrected chi connectivity index (χ3v) is 2.88. The van der Waals surface area contributed by atoms with Crippen LogP contribution in [-0.2, 0) is 0 Å². The number of hydrogen-bond donors (Lipinski definition) is 1. The van der Waals surface area contributed by atoms with Crippen molar-refractivity contribution in [3.8, 4) is 6.07 Å². The topological polar surface area (TPSA) is 48.7 Å². The Morgan fingerprint density at radius 2 is 2.17 bits per heavy atom. The van der Waals surface area contributed by atoms with Crippen LogP contribution < -0.4 is 5.32 Å². The summed E-state index contributed by atoms with van der Waals surface area (Å²) in [6, 6.07) is 7.64. The van der Waals surface area contributed by atoms with Gasteiger partial charge in [-0.25, -0.2) is 9.37 Å². The number of anilines is 2. The fourth-order valence-corrected chi connectivity index (χ4v) is 2.00. The van der Waals surface area contributed by atoms with Gasteiger partial charge in [0.25, 0.3) is 0 Å². The van der Waals surface area contributed by atoms with Crippen LogP contribution in [0.1, 0.15) is 5.56 Å². The molecule has 6 heteroatoms. The van der Waals surface area contributed by atoms with Crippen LogP contribution in [0.15, 0.2) is 34.9 Å². The molecule has 1 aromatic heterocycles. The summed E-state index contributed by atoms with van der Waals surface area (Å²) in [5.74, 6) is -0.182. The van der Waals surface area contributed by atoms with Crippen molar-refractivity contribution in [2.24, 2.45) is 0 Å². The number of rotatable bonds is 2. The van der Waals surface area contributed by atoms with E-state index in [1.807, 2.05) is 6.07 Å². The Balaban J connectivity index is 2.32. The van der Waals surface area contributed by atoms with Gasteiger partial charge in [-0.15, -0.1) is 0 Å². The van der Waals surface area contributed by atoms with E-state index < -0.39 is 5.82 Å². The summed E-state index contributed by atoms with van der Waals surface area (Å²) in [5.41, 5.74) is 0.471. The monoisotopic (exact) mass is 325 g/mol. The molecule has 0 aliphatic rings. The molecular formula is C12H6BrClFN3.